The third-order valence-corrected chi connectivity index (χ3v) is 3.42. The van der Waals surface area contributed by atoms with E-state index in [0.29, 0.717) is 18.1 Å². The van der Waals surface area contributed by atoms with Gasteiger partial charge in [-0.1, -0.05) is 35.5 Å². The molecule has 6 nitrogen and oxygen atoms in total. The summed E-state index contributed by atoms with van der Waals surface area (Å²) in [5, 5.41) is 6.72. The minimum atomic E-state index is -0.0170. The Bertz CT molecular complexity index is 735. The Hall–Kier alpha value is -2.89. The smallest absolute Gasteiger partial charge is 0.246 e. The molecule has 118 valence electrons. The van der Waals surface area contributed by atoms with Crippen LogP contribution in [0.1, 0.15) is 18.7 Å². The van der Waals surface area contributed by atoms with Crippen LogP contribution in [0.4, 0.5) is 0 Å². The fourth-order valence-corrected chi connectivity index (χ4v) is 2.24. The number of hydrogen-bond donors (Lipinski definition) is 1. The second-order valence-corrected chi connectivity index (χ2v) is 5.18. The Morgan fingerprint density at radius 3 is 2.70 bits per heavy atom. The highest BCUT2D eigenvalue weighted by Crippen LogP contribution is 2.14. The highest BCUT2D eigenvalue weighted by molar-refractivity contribution is 5.75. The van der Waals surface area contributed by atoms with Crippen molar-refractivity contribution >= 4 is 5.91 Å². The molecule has 0 saturated carbocycles. The van der Waals surface area contributed by atoms with E-state index >= 15 is 0 Å². The second-order valence-electron chi connectivity index (χ2n) is 5.18. The van der Waals surface area contributed by atoms with Gasteiger partial charge in [0.15, 0.2) is 0 Å². The van der Waals surface area contributed by atoms with Crippen molar-refractivity contribution in [2.75, 3.05) is 0 Å². The largest absolute Gasteiger partial charge is 0.354 e. The van der Waals surface area contributed by atoms with Crippen LogP contribution in [0, 0.1) is 0 Å². The molecule has 3 aromatic rings. The number of aryl methyl sites for hydroxylation is 1. The molecule has 0 aliphatic rings. The molecule has 2 heterocycles. The highest BCUT2D eigenvalue weighted by atomic mass is 16.5. The summed E-state index contributed by atoms with van der Waals surface area (Å²) in [5.41, 5.74) is 0.889. The van der Waals surface area contributed by atoms with Crippen molar-refractivity contribution in [3.63, 3.8) is 0 Å². The number of carbonyl (C=O) groups is 1. The van der Waals surface area contributed by atoms with Gasteiger partial charge in [-0.15, -0.1) is 0 Å². The minimum Gasteiger partial charge on any atom is -0.354 e. The van der Waals surface area contributed by atoms with Crippen LogP contribution >= 0.6 is 0 Å². The Balaban J connectivity index is 1.43. The average molecular weight is 310 g/mol. The fraction of sp³-hybridized carbons (Fsp3) is 0.235. The maximum Gasteiger partial charge on any atom is 0.246 e. The molecule has 0 saturated heterocycles. The van der Waals surface area contributed by atoms with Gasteiger partial charge in [-0.25, -0.2) is 0 Å². The molecule has 0 aliphatic heterocycles. The number of nitrogens with zero attached hydrogens (tertiary/aromatic N) is 3. The lowest BCUT2D eigenvalue weighted by Crippen LogP contribution is -2.22. The quantitative estimate of drug-likeness (QED) is 0.728. The molecule has 2 aromatic heterocycles. The van der Waals surface area contributed by atoms with Crippen molar-refractivity contribution in [3.8, 4) is 11.4 Å². The third kappa shape index (κ3) is 4.29. The van der Waals surface area contributed by atoms with E-state index in [1.807, 2.05) is 54.9 Å². The van der Waals surface area contributed by atoms with E-state index in [1.165, 1.54) is 0 Å². The summed E-state index contributed by atoms with van der Waals surface area (Å²) in [6.45, 7) is 1.08. The van der Waals surface area contributed by atoms with Crippen molar-refractivity contribution in [2.24, 2.45) is 0 Å². The van der Waals surface area contributed by atoms with Crippen LogP contribution in [0.3, 0.4) is 0 Å². The Kier molecular flexibility index (Phi) is 4.83. The first kappa shape index (κ1) is 15.0. The Morgan fingerprint density at radius 2 is 1.91 bits per heavy atom. The first-order valence-electron chi connectivity index (χ1n) is 7.57. The number of nitrogens with one attached hydrogen (secondary N) is 1. The molecule has 1 aromatic carbocycles. The van der Waals surface area contributed by atoms with Gasteiger partial charge in [0.1, 0.15) is 0 Å². The predicted octanol–water partition coefficient (Wildman–Crippen LogP) is 2.63. The van der Waals surface area contributed by atoms with Crippen LogP contribution < -0.4 is 5.32 Å². The summed E-state index contributed by atoms with van der Waals surface area (Å²) in [4.78, 5) is 16.1. The number of carbonyl (C=O) groups excluding carboxylic acids is 1. The molecule has 6 heteroatoms. The summed E-state index contributed by atoms with van der Waals surface area (Å²) < 4.78 is 7.21. The Labute approximate surface area is 134 Å². The third-order valence-electron chi connectivity index (χ3n) is 3.42. The predicted molar refractivity (Wildman–Crippen MR) is 85.2 cm³/mol. The van der Waals surface area contributed by atoms with Gasteiger partial charge >= 0.3 is 0 Å². The maximum absolute atomic E-state index is 11.8. The Morgan fingerprint density at radius 1 is 1.13 bits per heavy atom. The van der Waals surface area contributed by atoms with Gasteiger partial charge in [0.25, 0.3) is 0 Å². The first-order valence-corrected chi connectivity index (χ1v) is 7.57. The van der Waals surface area contributed by atoms with E-state index in [4.69, 9.17) is 4.52 Å². The lowest BCUT2D eigenvalue weighted by atomic mass is 10.2. The molecule has 1 N–H and O–H groups in total. The number of aromatic nitrogens is 3. The number of hydrogen-bond acceptors (Lipinski definition) is 4. The molecular weight excluding hydrogens is 292 g/mol. The number of amides is 1. The van der Waals surface area contributed by atoms with Crippen LogP contribution in [0.2, 0.25) is 0 Å². The molecule has 0 radical (unpaired) electrons. The molecule has 0 aliphatic carbocycles. The van der Waals surface area contributed by atoms with Crippen LogP contribution in [0.15, 0.2) is 59.4 Å². The fourth-order valence-electron chi connectivity index (χ4n) is 2.24. The molecule has 23 heavy (non-hydrogen) atoms. The minimum absolute atomic E-state index is 0.0170. The first-order chi connectivity index (χ1) is 11.3. The molecule has 1 amide bonds. The van der Waals surface area contributed by atoms with Crippen molar-refractivity contribution in [1.29, 1.82) is 0 Å². The molecule has 3 rings (SSSR count). The van der Waals surface area contributed by atoms with E-state index in [1.54, 1.807) is 0 Å². The van der Waals surface area contributed by atoms with Crippen molar-refractivity contribution in [3.05, 3.63) is 60.7 Å². The average Bonchev–Trinajstić information content (AvgIpc) is 3.25. The SMILES string of the molecule is O=C(CCCn1cccc1)NCc1nc(-c2ccccc2)no1. The second kappa shape index (κ2) is 7.40. The van der Waals surface area contributed by atoms with Crippen molar-refractivity contribution in [1.82, 2.24) is 20.0 Å². The summed E-state index contributed by atoms with van der Waals surface area (Å²) in [6, 6.07) is 13.5. The van der Waals surface area contributed by atoms with Crippen molar-refractivity contribution < 1.29 is 9.32 Å². The van der Waals surface area contributed by atoms with Crippen LogP contribution in [0.5, 0.6) is 0 Å². The molecule has 0 fully saturated rings. The van der Waals surface area contributed by atoms with Crippen LogP contribution in [0.25, 0.3) is 11.4 Å². The molecule has 0 atom stereocenters. The zero-order valence-corrected chi connectivity index (χ0v) is 12.7. The van der Waals surface area contributed by atoms with E-state index in [9.17, 15) is 4.79 Å². The van der Waals surface area contributed by atoms with Gasteiger partial charge in [0.05, 0.1) is 6.54 Å². The van der Waals surface area contributed by atoms with Gasteiger partial charge in [-0.2, -0.15) is 4.98 Å². The van der Waals surface area contributed by atoms with Gasteiger partial charge in [-0.3, -0.25) is 4.79 Å². The monoisotopic (exact) mass is 310 g/mol. The number of benzene rings is 1. The van der Waals surface area contributed by atoms with Crippen LogP contribution in [-0.2, 0) is 17.9 Å². The molecular formula is C17H18N4O2. The number of rotatable bonds is 7. The van der Waals surface area contributed by atoms with E-state index in [2.05, 4.69) is 20.0 Å². The maximum atomic E-state index is 11.8. The molecule has 0 unspecified atom stereocenters. The summed E-state index contributed by atoms with van der Waals surface area (Å²) in [5.74, 6) is 0.918. The molecule has 0 bridgehead atoms. The summed E-state index contributed by atoms with van der Waals surface area (Å²) >= 11 is 0. The lowest BCUT2D eigenvalue weighted by molar-refractivity contribution is -0.121. The lowest BCUT2D eigenvalue weighted by Gasteiger charge is -2.03. The van der Waals surface area contributed by atoms with Gasteiger partial charge < -0.3 is 14.4 Å². The zero-order chi connectivity index (χ0) is 15.9. The van der Waals surface area contributed by atoms with Gasteiger partial charge in [0.2, 0.25) is 17.6 Å². The standard InChI is InChI=1S/C17H18N4O2/c22-15(9-6-12-21-10-4-5-11-21)18-13-16-19-17(20-23-16)14-7-2-1-3-8-14/h1-5,7-8,10-11H,6,9,12-13H2,(H,18,22). The summed E-state index contributed by atoms with van der Waals surface area (Å²) in [6.07, 6.45) is 5.24. The van der Waals surface area contributed by atoms with Gasteiger partial charge in [0, 0.05) is 30.9 Å². The molecule has 0 spiro atoms. The topological polar surface area (TPSA) is 73.0 Å². The van der Waals surface area contributed by atoms with Gasteiger partial charge in [-0.05, 0) is 18.6 Å². The summed E-state index contributed by atoms with van der Waals surface area (Å²) in [7, 11) is 0. The van der Waals surface area contributed by atoms with E-state index in [0.717, 1.165) is 18.5 Å². The highest BCUT2D eigenvalue weighted by Gasteiger charge is 2.09. The van der Waals surface area contributed by atoms with E-state index < -0.39 is 0 Å². The van der Waals surface area contributed by atoms with Crippen LogP contribution in [-0.4, -0.2) is 20.6 Å². The normalized spacial score (nSPS) is 10.6. The zero-order valence-electron chi connectivity index (χ0n) is 12.7. The van der Waals surface area contributed by atoms with E-state index in [-0.39, 0.29) is 12.5 Å². The van der Waals surface area contributed by atoms with Crippen molar-refractivity contribution in [2.45, 2.75) is 25.9 Å².